The summed E-state index contributed by atoms with van der Waals surface area (Å²) in [6.07, 6.45) is 2.35. The normalized spacial score (nSPS) is 12.1. The Bertz CT molecular complexity index is 679. The Balaban J connectivity index is 2.13. The standard InChI is InChI=1S/C12H16N6O4/c1-4-16(7-11-8(2)14-22-15-11)12(19)9(3)17-6-10(5-13-17)18(20)21/h5-6,9H,4,7H2,1-3H3. The summed E-state index contributed by atoms with van der Waals surface area (Å²) in [6.45, 7) is 5.93. The lowest BCUT2D eigenvalue weighted by Gasteiger charge is -2.23. The van der Waals surface area contributed by atoms with Crippen LogP contribution in [-0.2, 0) is 11.3 Å². The molecule has 2 aromatic heterocycles. The molecule has 1 unspecified atom stereocenters. The smallest absolute Gasteiger partial charge is 0.307 e. The van der Waals surface area contributed by atoms with Crippen molar-refractivity contribution in [3.63, 3.8) is 0 Å². The number of hydrogen-bond acceptors (Lipinski definition) is 7. The number of carbonyl (C=O) groups is 1. The lowest BCUT2D eigenvalue weighted by molar-refractivity contribution is -0.385. The minimum Gasteiger partial charge on any atom is -0.335 e. The zero-order valence-corrected chi connectivity index (χ0v) is 12.5. The first-order valence-corrected chi connectivity index (χ1v) is 6.69. The summed E-state index contributed by atoms with van der Waals surface area (Å²) < 4.78 is 5.89. The van der Waals surface area contributed by atoms with Crippen LogP contribution in [0.25, 0.3) is 0 Å². The van der Waals surface area contributed by atoms with Crippen molar-refractivity contribution in [2.75, 3.05) is 6.54 Å². The molecule has 0 bridgehead atoms. The van der Waals surface area contributed by atoms with Gasteiger partial charge in [0.05, 0.1) is 11.5 Å². The largest absolute Gasteiger partial charge is 0.335 e. The van der Waals surface area contributed by atoms with Crippen LogP contribution in [0.1, 0.15) is 31.3 Å². The highest BCUT2D eigenvalue weighted by Gasteiger charge is 2.24. The highest BCUT2D eigenvalue weighted by Crippen LogP contribution is 2.16. The van der Waals surface area contributed by atoms with Crippen LogP contribution < -0.4 is 0 Å². The van der Waals surface area contributed by atoms with Crippen molar-refractivity contribution < 1.29 is 14.3 Å². The third-order valence-corrected chi connectivity index (χ3v) is 3.33. The van der Waals surface area contributed by atoms with E-state index in [9.17, 15) is 14.9 Å². The van der Waals surface area contributed by atoms with Gasteiger partial charge in [0.2, 0.25) is 5.91 Å². The molecule has 2 rings (SSSR count). The molecule has 0 aromatic carbocycles. The molecule has 0 fully saturated rings. The van der Waals surface area contributed by atoms with Crippen molar-refractivity contribution in [3.8, 4) is 0 Å². The molecule has 0 radical (unpaired) electrons. The predicted octanol–water partition coefficient (Wildman–Crippen LogP) is 1.09. The minimum absolute atomic E-state index is 0.153. The lowest BCUT2D eigenvalue weighted by Crippen LogP contribution is -2.36. The summed E-state index contributed by atoms with van der Waals surface area (Å²) in [5.41, 5.74) is 1.04. The first-order valence-electron chi connectivity index (χ1n) is 6.69. The third-order valence-electron chi connectivity index (χ3n) is 3.33. The predicted molar refractivity (Wildman–Crippen MR) is 73.7 cm³/mol. The van der Waals surface area contributed by atoms with E-state index in [-0.39, 0.29) is 18.1 Å². The van der Waals surface area contributed by atoms with E-state index in [4.69, 9.17) is 0 Å². The van der Waals surface area contributed by atoms with Gasteiger partial charge in [-0.05, 0) is 20.8 Å². The number of amides is 1. The molecule has 118 valence electrons. The maximum atomic E-state index is 12.5. The van der Waals surface area contributed by atoms with Gasteiger partial charge in [-0.3, -0.25) is 19.6 Å². The lowest BCUT2D eigenvalue weighted by atomic mass is 10.2. The van der Waals surface area contributed by atoms with Crippen LogP contribution in [-0.4, -0.2) is 42.4 Å². The van der Waals surface area contributed by atoms with Crippen molar-refractivity contribution in [2.24, 2.45) is 0 Å². The minimum atomic E-state index is -0.659. The van der Waals surface area contributed by atoms with Gasteiger partial charge in [0.1, 0.15) is 29.8 Å². The SMILES string of the molecule is CCN(Cc1nonc1C)C(=O)C(C)n1cc([N+](=O)[O-])cn1. The molecule has 0 saturated heterocycles. The van der Waals surface area contributed by atoms with Crippen LogP contribution in [0.3, 0.4) is 0 Å². The number of nitrogens with zero attached hydrogens (tertiary/aromatic N) is 6. The third kappa shape index (κ3) is 3.10. The van der Waals surface area contributed by atoms with Crippen LogP contribution >= 0.6 is 0 Å². The van der Waals surface area contributed by atoms with Crippen LogP contribution in [0, 0.1) is 17.0 Å². The molecule has 2 aromatic rings. The molecular formula is C12H16N6O4. The fraction of sp³-hybridized carbons (Fsp3) is 0.500. The fourth-order valence-electron chi connectivity index (χ4n) is 1.93. The maximum Gasteiger partial charge on any atom is 0.307 e. The van der Waals surface area contributed by atoms with Gasteiger partial charge in [0.25, 0.3) is 0 Å². The topological polar surface area (TPSA) is 120 Å². The van der Waals surface area contributed by atoms with Crippen LogP contribution in [0.2, 0.25) is 0 Å². The summed E-state index contributed by atoms with van der Waals surface area (Å²) in [5, 5.41) is 22.0. The molecule has 0 aliphatic carbocycles. The molecule has 1 atom stereocenters. The average Bonchev–Trinajstić information content (AvgIpc) is 3.12. The maximum absolute atomic E-state index is 12.5. The first-order chi connectivity index (χ1) is 10.4. The van der Waals surface area contributed by atoms with E-state index in [0.717, 1.165) is 6.20 Å². The molecule has 0 aliphatic rings. The van der Waals surface area contributed by atoms with Gasteiger partial charge < -0.3 is 4.90 Å². The van der Waals surface area contributed by atoms with Crippen molar-refractivity contribution in [2.45, 2.75) is 33.4 Å². The Morgan fingerprint density at radius 2 is 2.27 bits per heavy atom. The van der Waals surface area contributed by atoms with Crippen LogP contribution in [0.5, 0.6) is 0 Å². The number of rotatable bonds is 6. The Labute approximate surface area is 125 Å². The first kappa shape index (κ1) is 15.6. The number of carbonyl (C=O) groups excluding carboxylic acids is 1. The Morgan fingerprint density at radius 3 is 2.77 bits per heavy atom. The van der Waals surface area contributed by atoms with E-state index in [2.05, 4.69) is 20.0 Å². The second-order valence-corrected chi connectivity index (χ2v) is 4.76. The van der Waals surface area contributed by atoms with Crippen molar-refractivity contribution >= 4 is 11.6 Å². The molecule has 0 aliphatic heterocycles. The summed E-state index contributed by atoms with van der Waals surface area (Å²) in [4.78, 5) is 24.2. The van der Waals surface area contributed by atoms with Crippen molar-refractivity contribution in [3.05, 3.63) is 33.9 Å². The highest BCUT2D eigenvalue weighted by molar-refractivity contribution is 5.80. The number of aromatic nitrogens is 4. The quantitative estimate of drug-likeness (QED) is 0.578. The number of likely N-dealkylation sites (N-methyl/N-ethyl adjacent to an activating group) is 1. The van der Waals surface area contributed by atoms with Gasteiger partial charge >= 0.3 is 5.69 Å². The van der Waals surface area contributed by atoms with E-state index in [0.29, 0.717) is 17.9 Å². The second kappa shape index (κ2) is 6.33. The zero-order valence-electron chi connectivity index (χ0n) is 12.5. The summed E-state index contributed by atoms with van der Waals surface area (Å²) in [6, 6.07) is -0.659. The Morgan fingerprint density at radius 1 is 1.55 bits per heavy atom. The van der Waals surface area contributed by atoms with Gasteiger partial charge in [-0.15, -0.1) is 0 Å². The molecule has 0 N–H and O–H groups in total. The second-order valence-electron chi connectivity index (χ2n) is 4.76. The van der Waals surface area contributed by atoms with Crippen molar-refractivity contribution in [1.29, 1.82) is 0 Å². The number of aryl methyl sites for hydroxylation is 1. The average molecular weight is 308 g/mol. The van der Waals surface area contributed by atoms with E-state index in [1.165, 1.54) is 10.9 Å². The zero-order chi connectivity index (χ0) is 16.3. The number of nitro groups is 1. The van der Waals surface area contributed by atoms with Crippen LogP contribution in [0.15, 0.2) is 17.0 Å². The molecule has 2 heterocycles. The summed E-state index contributed by atoms with van der Waals surface area (Å²) >= 11 is 0. The van der Waals surface area contributed by atoms with Gasteiger partial charge in [0, 0.05) is 6.54 Å². The molecule has 10 nitrogen and oxygen atoms in total. The molecule has 1 amide bonds. The van der Waals surface area contributed by atoms with Gasteiger partial charge in [-0.2, -0.15) is 5.10 Å². The fourth-order valence-corrected chi connectivity index (χ4v) is 1.93. The highest BCUT2D eigenvalue weighted by atomic mass is 16.6. The van der Waals surface area contributed by atoms with Crippen molar-refractivity contribution in [1.82, 2.24) is 25.0 Å². The van der Waals surface area contributed by atoms with E-state index < -0.39 is 11.0 Å². The van der Waals surface area contributed by atoms with E-state index in [1.54, 1.807) is 18.7 Å². The molecule has 10 heteroatoms. The monoisotopic (exact) mass is 308 g/mol. The van der Waals surface area contributed by atoms with E-state index in [1.807, 2.05) is 6.92 Å². The van der Waals surface area contributed by atoms with E-state index >= 15 is 0 Å². The molecule has 0 spiro atoms. The molecule has 0 saturated carbocycles. The summed E-state index contributed by atoms with van der Waals surface area (Å²) in [5.74, 6) is -0.220. The summed E-state index contributed by atoms with van der Waals surface area (Å²) in [7, 11) is 0. The number of hydrogen-bond donors (Lipinski definition) is 0. The van der Waals surface area contributed by atoms with Gasteiger partial charge in [0.15, 0.2) is 0 Å². The van der Waals surface area contributed by atoms with Crippen LogP contribution in [0.4, 0.5) is 5.69 Å². The van der Waals surface area contributed by atoms with Gasteiger partial charge in [-0.25, -0.2) is 4.63 Å². The molecular weight excluding hydrogens is 292 g/mol. The Hall–Kier alpha value is -2.78. The Kier molecular flexibility index (Phi) is 4.49. The van der Waals surface area contributed by atoms with Gasteiger partial charge in [-0.1, -0.05) is 10.3 Å². The molecule has 22 heavy (non-hydrogen) atoms.